The summed E-state index contributed by atoms with van der Waals surface area (Å²) in [5.41, 5.74) is 0. The van der Waals surface area contributed by atoms with Crippen LogP contribution in [-0.4, -0.2) is 155 Å². The third-order valence-corrected chi connectivity index (χ3v) is 0. The summed E-state index contributed by atoms with van der Waals surface area (Å²) in [4.78, 5) is 35.6. The van der Waals surface area contributed by atoms with Crippen molar-refractivity contribution in [1.29, 1.82) is 0 Å². The molecule has 0 N–H and O–H groups in total. The van der Waals surface area contributed by atoms with E-state index in [4.69, 9.17) is 39.6 Å². The van der Waals surface area contributed by atoms with Crippen LogP contribution >= 0.6 is 0 Å². The topological polar surface area (TPSA) is 161 Å². The number of hydrogen-bond donors (Lipinski definition) is 0. The van der Waals surface area contributed by atoms with Crippen molar-refractivity contribution in [2.75, 3.05) is 113 Å². The number of aliphatic carboxylic acids is 4. The van der Waals surface area contributed by atoms with Crippen molar-refractivity contribution in [2.24, 2.45) is 0 Å². The Morgan fingerprint density at radius 3 is 0.306 bits per heavy atom. The van der Waals surface area contributed by atoms with E-state index in [0.29, 0.717) is 0 Å². The minimum atomic E-state index is -1.08. The monoisotopic (exact) mass is 532 g/mol. The van der Waals surface area contributed by atoms with Crippen LogP contribution < -0.4 is 20.4 Å². The Balaban J connectivity index is -0.0000000416. The van der Waals surface area contributed by atoms with Crippen LogP contribution in [0.25, 0.3) is 0 Å². The summed E-state index contributed by atoms with van der Waals surface area (Å²) >= 11 is 0. The molecule has 0 bridgehead atoms. The molecule has 0 spiro atoms. The van der Waals surface area contributed by atoms with Gasteiger partial charge in [0, 0.05) is 23.9 Å². The Labute approximate surface area is 222 Å². The van der Waals surface area contributed by atoms with Crippen LogP contribution in [0.15, 0.2) is 0 Å². The molecule has 0 aromatic carbocycles. The van der Waals surface area contributed by atoms with Crippen molar-refractivity contribution in [3.05, 3.63) is 0 Å². The molecule has 12 heteroatoms. The standard InChI is InChI=1S/4C4H12N.4C2H4O2/c4*1-5(2,3)4;4*1-2(3)4/h4*1-4H3;4*1H3,(H,3,4)/q4*+1;;;;/p-4. The second kappa shape index (κ2) is 29.0. The van der Waals surface area contributed by atoms with Crippen molar-refractivity contribution in [3.8, 4) is 0 Å². The molecular weight excluding hydrogens is 472 g/mol. The second-order valence-corrected chi connectivity index (χ2v) is 12.7. The van der Waals surface area contributed by atoms with Gasteiger partial charge in [0.15, 0.2) is 0 Å². The number of carboxylic acid groups (broad SMARTS) is 4. The molecule has 0 aliphatic heterocycles. The summed E-state index contributed by atoms with van der Waals surface area (Å²) in [6, 6.07) is 0. The van der Waals surface area contributed by atoms with E-state index in [-0.39, 0.29) is 0 Å². The Hall–Kier alpha value is -2.28. The molecule has 12 nitrogen and oxygen atoms in total. The van der Waals surface area contributed by atoms with E-state index in [1.54, 1.807) is 0 Å². The first-order valence-electron chi connectivity index (χ1n) is 10.8. The Bertz CT molecular complexity index is 390. The van der Waals surface area contributed by atoms with Crippen LogP contribution in [-0.2, 0) is 19.2 Å². The minimum absolute atomic E-state index is 0.972. The number of carbonyl (C=O) groups excluding carboxylic acids is 4. The maximum absolute atomic E-state index is 8.89. The molecule has 36 heavy (non-hydrogen) atoms. The van der Waals surface area contributed by atoms with Gasteiger partial charge in [-0.1, -0.05) is 0 Å². The van der Waals surface area contributed by atoms with E-state index in [1.807, 2.05) is 0 Å². The molecule has 0 unspecified atom stereocenters. The van der Waals surface area contributed by atoms with Crippen LogP contribution in [0.5, 0.6) is 0 Å². The number of rotatable bonds is 0. The van der Waals surface area contributed by atoms with E-state index < -0.39 is 23.9 Å². The highest BCUT2D eigenvalue weighted by atomic mass is 16.4. The number of carboxylic acids is 4. The molecular formula is C24H60N4O8. The largest absolute Gasteiger partial charge is 0.550 e. The summed E-state index contributed by atoms with van der Waals surface area (Å²) in [6.07, 6.45) is 0. The Morgan fingerprint density at radius 2 is 0.306 bits per heavy atom. The first kappa shape index (κ1) is 54.6. The van der Waals surface area contributed by atoms with Crippen molar-refractivity contribution in [3.63, 3.8) is 0 Å². The van der Waals surface area contributed by atoms with Gasteiger partial charge in [-0.2, -0.15) is 0 Å². The van der Waals surface area contributed by atoms with Gasteiger partial charge in [-0.05, 0) is 27.7 Å². The third kappa shape index (κ3) is 5760. The van der Waals surface area contributed by atoms with Gasteiger partial charge in [0.2, 0.25) is 0 Å². The van der Waals surface area contributed by atoms with Gasteiger partial charge in [-0.25, -0.2) is 0 Å². The summed E-state index contributed by atoms with van der Waals surface area (Å²) in [7, 11) is 34.0. The Morgan fingerprint density at radius 1 is 0.306 bits per heavy atom. The molecule has 0 aromatic rings. The zero-order valence-electron chi connectivity index (χ0n) is 27.1. The van der Waals surface area contributed by atoms with Crippen molar-refractivity contribution < 1.29 is 57.5 Å². The highest BCUT2D eigenvalue weighted by Gasteiger charge is 1.89. The lowest BCUT2D eigenvalue weighted by molar-refractivity contribution is -0.849. The van der Waals surface area contributed by atoms with Gasteiger partial charge in [0.25, 0.3) is 0 Å². The summed E-state index contributed by atoms with van der Waals surface area (Å²) in [5.74, 6) is -4.33. The number of carbonyl (C=O) groups is 4. The third-order valence-electron chi connectivity index (χ3n) is 0. The molecule has 0 fully saturated rings. The quantitative estimate of drug-likeness (QED) is 0.288. The van der Waals surface area contributed by atoms with Gasteiger partial charge in [0.1, 0.15) is 0 Å². The zero-order valence-corrected chi connectivity index (χ0v) is 27.1. The average molecular weight is 533 g/mol. The molecule has 0 rings (SSSR count). The van der Waals surface area contributed by atoms with E-state index in [1.165, 1.54) is 0 Å². The lowest BCUT2D eigenvalue weighted by atomic mass is 10.8. The number of nitrogens with zero attached hydrogens (tertiary/aromatic N) is 4. The van der Waals surface area contributed by atoms with E-state index >= 15 is 0 Å². The molecule has 0 heterocycles. The number of hydrogen-bond acceptors (Lipinski definition) is 8. The van der Waals surface area contributed by atoms with Crippen molar-refractivity contribution in [1.82, 2.24) is 0 Å². The summed E-state index contributed by atoms with van der Waals surface area (Å²) in [5, 5.41) is 35.6. The fraction of sp³-hybridized carbons (Fsp3) is 0.833. The van der Waals surface area contributed by atoms with Crippen LogP contribution in [0.1, 0.15) is 27.7 Å². The normalized spacial score (nSPS) is 9.44. The zero-order chi connectivity index (χ0) is 32.3. The molecule has 0 atom stereocenters. The molecule has 0 saturated carbocycles. The fourth-order valence-electron chi connectivity index (χ4n) is 0. The van der Waals surface area contributed by atoms with Crippen LogP contribution in [0.4, 0.5) is 0 Å². The van der Waals surface area contributed by atoms with Crippen molar-refractivity contribution >= 4 is 23.9 Å². The van der Waals surface area contributed by atoms with E-state index in [2.05, 4.69) is 113 Å². The van der Waals surface area contributed by atoms with Gasteiger partial charge < -0.3 is 57.5 Å². The van der Waals surface area contributed by atoms with E-state index in [9.17, 15) is 0 Å². The van der Waals surface area contributed by atoms with Gasteiger partial charge >= 0.3 is 0 Å². The Kier molecular flexibility index (Phi) is 43.9. The molecule has 224 valence electrons. The fourth-order valence-corrected chi connectivity index (χ4v) is 0. The highest BCUT2D eigenvalue weighted by molar-refractivity contribution is 5.61. The van der Waals surface area contributed by atoms with Crippen LogP contribution in [0.3, 0.4) is 0 Å². The molecule has 0 radical (unpaired) electrons. The highest BCUT2D eigenvalue weighted by Crippen LogP contribution is 1.75. The predicted molar refractivity (Wildman–Crippen MR) is 139 cm³/mol. The SMILES string of the molecule is CC(=O)[O-].CC(=O)[O-].CC(=O)[O-].CC(=O)[O-].C[N+](C)(C)C.C[N+](C)(C)C.C[N+](C)(C)C.C[N+](C)(C)C. The predicted octanol–water partition coefficient (Wildman–Crippen LogP) is -3.69. The molecule has 0 aliphatic rings. The smallest absolute Gasteiger partial charge is 0.0675 e. The lowest BCUT2D eigenvalue weighted by Crippen LogP contribution is -2.27. The van der Waals surface area contributed by atoms with Gasteiger partial charge in [-0.3, -0.25) is 0 Å². The van der Waals surface area contributed by atoms with Gasteiger partial charge in [-0.15, -0.1) is 0 Å². The average Bonchev–Trinajstić information content (AvgIpc) is 2.24. The van der Waals surface area contributed by atoms with Gasteiger partial charge in [0.05, 0.1) is 113 Å². The second-order valence-electron chi connectivity index (χ2n) is 12.7. The maximum atomic E-state index is 8.89. The van der Waals surface area contributed by atoms with Crippen LogP contribution in [0.2, 0.25) is 0 Å². The summed E-state index contributed by atoms with van der Waals surface area (Å²) in [6.45, 7) is 3.89. The van der Waals surface area contributed by atoms with E-state index in [0.717, 1.165) is 45.6 Å². The number of quaternary nitrogens is 4. The molecule has 0 aliphatic carbocycles. The maximum Gasteiger partial charge on any atom is 0.0675 e. The first-order chi connectivity index (χ1) is 14.9. The minimum Gasteiger partial charge on any atom is -0.550 e. The first-order valence-corrected chi connectivity index (χ1v) is 10.8. The van der Waals surface area contributed by atoms with Crippen molar-refractivity contribution in [2.45, 2.75) is 27.7 Å². The summed E-state index contributed by atoms with van der Waals surface area (Å²) < 4.78 is 4.00. The molecule has 0 amide bonds. The molecule has 0 saturated heterocycles. The lowest BCUT2D eigenvalue weighted by Gasteiger charge is -2.14. The molecule has 0 aromatic heterocycles. The van der Waals surface area contributed by atoms with Crippen LogP contribution in [0, 0.1) is 0 Å².